The summed E-state index contributed by atoms with van der Waals surface area (Å²) in [6.45, 7) is 1.23. The van der Waals surface area contributed by atoms with Crippen molar-refractivity contribution in [2.45, 2.75) is 31.7 Å². The van der Waals surface area contributed by atoms with Crippen molar-refractivity contribution in [3.05, 3.63) is 22.2 Å². The molecule has 1 aliphatic heterocycles. The highest BCUT2D eigenvalue weighted by molar-refractivity contribution is 6.31. The van der Waals surface area contributed by atoms with E-state index in [1.165, 1.54) is 24.0 Å². The lowest BCUT2D eigenvalue weighted by atomic mass is 9.97. The molecular weight excluding hydrogens is 250 g/mol. The summed E-state index contributed by atoms with van der Waals surface area (Å²) in [5, 5.41) is 4.20. The summed E-state index contributed by atoms with van der Waals surface area (Å²) in [5.74, 6) is 1.70. The third-order valence-corrected chi connectivity index (χ3v) is 4.13. The van der Waals surface area contributed by atoms with Crippen LogP contribution in [0.25, 0.3) is 0 Å². The average molecular weight is 268 g/mol. The van der Waals surface area contributed by atoms with Crippen LogP contribution in [0.15, 0.2) is 6.07 Å². The summed E-state index contributed by atoms with van der Waals surface area (Å²) in [4.78, 5) is 0. The maximum atomic E-state index is 6.41. The van der Waals surface area contributed by atoms with Gasteiger partial charge in [0.1, 0.15) is 13.2 Å². The molecule has 4 heteroatoms. The van der Waals surface area contributed by atoms with Gasteiger partial charge in [0.2, 0.25) is 0 Å². The Morgan fingerprint density at radius 3 is 2.94 bits per heavy atom. The molecule has 98 valence electrons. The van der Waals surface area contributed by atoms with Gasteiger partial charge in [0, 0.05) is 22.7 Å². The molecule has 0 bridgehead atoms. The maximum absolute atomic E-state index is 6.41. The van der Waals surface area contributed by atoms with Gasteiger partial charge in [0.05, 0.1) is 0 Å². The second kappa shape index (κ2) is 4.98. The highest BCUT2D eigenvalue weighted by Crippen LogP contribution is 2.45. The molecule has 0 radical (unpaired) electrons. The first kappa shape index (κ1) is 12.1. The number of benzene rings is 1. The van der Waals surface area contributed by atoms with Gasteiger partial charge in [-0.05, 0) is 31.9 Å². The lowest BCUT2D eigenvalue weighted by Gasteiger charge is -2.27. The van der Waals surface area contributed by atoms with Gasteiger partial charge in [-0.2, -0.15) is 0 Å². The van der Waals surface area contributed by atoms with Crippen LogP contribution in [0.1, 0.15) is 36.4 Å². The van der Waals surface area contributed by atoms with Gasteiger partial charge in [0.25, 0.3) is 0 Å². The minimum atomic E-state index is 0.316. The number of hydrogen-bond acceptors (Lipinski definition) is 3. The van der Waals surface area contributed by atoms with Crippen molar-refractivity contribution in [1.29, 1.82) is 0 Å². The van der Waals surface area contributed by atoms with Crippen LogP contribution >= 0.6 is 11.6 Å². The van der Waals surface area contributed by atoms with Crippen LogP contribution in [0.3, 0.4) is 0 Å². The SMILES string of the molecule is CNC1CCCCc2c(Cl)cc3c(c21)OCCO3. The highest BCUT2D eigenvalue weighted by atomic mass is 35.5. The molecule has 3 rings (SSSR count). The molecule has 0 spiro atoms. The zero-order valence-electron chi connectivity index (χ0n) is 10.6. The average Bonchev–Trinajstić information content (AvgIpc) is 2.61. The molecule has 0 aromatic heterocycles. The van der Waals surface area contributed by atoms with Crippen molar-refractivity contribution in [3.8, 4) is 11.5 Å². The van der Waals surface area contributed by atoms with E-state index in [0.29, 0.717) is 19.3 Å². The fourth-order valence-electron chi connectivity index (χ4n) is 2.92. The number of rotatable bonds is 1. The molecule has 1 aromatic rings. The standard InChI is InChI=1S/C14H18ClNO2/c1-16-11-5-3-2-4-9-10(15)8-12-14(13(9)11)18-7-6-17-12/h8,11,16H,2-7H2,1H3. The molecule has 0 amide bonds. The Morgan fingerprint density at radius 1 is 1.28 bits per heavy atom. The summed E-state index contributed by atoms with van der Waals surface area (Å²) in [7, 11) is 2.00. The lowest BCUT2D eigenvalue weighted by Crippen LogP contribution is -2.22. The van der Waals surface area contributed by atoms with Crippen LogP contribution in [0.5, 0.6) is 11.5 Å². The zero-order chi connectivity index (χ0) is 12.5. The first-order valence-corrected chi connectivity index (χ1v) is 6.97. The largest absolute Gasteiger partial charge is 0.486 e. The van der Waals surface area contributed by atoms with Gasteiger partial charge >= 0.3 is 0 Å². The maximum Gasteiger partial charge on any atom is 0.166 e. The second-order valence-corrected chi connectivity index (χ2v) is 5.27. The van der Waals surface area contributed by atoms with Crippen molar-refractivity contribution in [1.82, 2.24) is 5.32 Å². The van der Waals surface area contributed by atoms with Crippen molar-refractivity contribution < 1.29 is 9.47 Å². The number of fused-ring (bicyclic) bond motifs is 3. The Kier molecular flexibility index (Phi) is 3.35. The molecule has 1 N–H and O–H groups in total. The number of hydrogen-bond donors (Lipinski definition) is 1. The quantitative estimate of drug-likeness (QED) is 0.793. The number of halogens is 1. The number of nitrogens with one attached hydrogen (secondary N) is 1. The first-order valence-electron chi connectivity index (χ1n) is 6.59. The predicted molar refractivity (Wildman–Crippen MR) is 71.8 cm³/mol. The monoisotopic (exact) mass is 267 g/mol. The van der Waals surface area contributed by atoms with Gasteiger partial charge < -0.3 is 14.8 Å². The van der Waals surface area contributed by atoms with Gasteiger partial charge in [-0.3, -0.25) is 0 Å². The zero-order valence-corrected chi connectivity index (χ0v) is 11.3. The predicted octanol–water partition coefficient (Wildman–Crippen LogP) is 3.10. The van der Waals surface area contributed by atoms with Crippen LogP contribution in [0.2, 0.25) is 5.02 Å². The van der Waals surface area contributed by atoms with Crippen LogP contribution < -0.4 is 14.8 Å². The third kappa shape index (κ3) is 1.95. The Balaban J connectivity index is 2.18. The van der Waals surface area contributed by atoms with E-state index < -0.39 is 0 Å². The lowest BCUT2D eigenvalue weighted by molar-refractivity contribution is 0.168. The molecule has 0 fully saturated rings. The van der Waals surface area contributed by atoms with E-state index in [2.05, 4.69) is 5.32 Å². The van der Waals surface area contributed by atoms with Gasteiger partial charge in [-0.15, -0.1) is 0 Å². The van der Waals surface area contributed by atoms with Crippen LogP contribution in [-0.4, -0.2) is 20.3 Å². The molecule has 18 heavy (non-hydrogen) atoms. The molecule has 1 aromatic carbocycles. The highest BCUT2D eigenvalue weighted by Gasteiger charge is 2.28. The third-order valence-electron chi connectivity index (χ3n) is 3.79. The summed E-state index contributed by atoms with van der Waals surface area (Å²) in [6.07, 6.45) is 4.55. The summed E-state index contributed by atoms with van der Waals surface area (Å²) in [6, 6.07) is 2.23. The Bertz CT molecular complexity index is 462. The normalized spacial score (nSPS) is 22.2. The number of ether oxygens (including phenoxy) is 2. The van der Waals surface area contributed by atoms with Gasteiger partial charge in [0.15, 0.2) is 11.5 Å². The Labute approximate surface area is 112 Å². The van der Waals surface area contributed by atoms with Gasteiger partial charge in [-0.25, -0.2) is 0 Å². The summed E-state index contributed by atoms with van der Waals surface area (Å²) >= 11 is 6.41. The molecule has 2 aliphatic rings. The van der Waals surface area contributed by atoms with E-state index in [1.54, 1.807) is 0 Å². The van der Waals surface area contributed by atoms with Crippen LogP contribution in [0, 0.1) is 0 Å². The molecule has 1 aliphatic carbocycles. The topological polar surface area (TPSA) is 30.5 Å². The van der Waals surface area contributed by atoms with E-state index in [1.807, 2.05) is 13.1 Å². The van der Waals surface area contributed by atoms with Crippen LogP contribution in [0.4, 0.5) is 0 Å². The smallest absolute Gasteiger partial charge is 0.166 e. The molecule has 0 saturated carbocycles. The van der Waals surface area contributed by atoms with E-state index in [-0.39, 0.29) is 0 Å². The fraction of sp³-hybridized carbons (Fsp3) is 0.571. The Morgan fingerprint density at radius 2 is 2.11 bits per heavy atom. The minimum Gasteiger partial charge on any atom is -0.486 e. The molecule has 1 heterocycles. The molecule has 1 unspecified atom stereocenters. The van der Waals surface area contributed by atoms with E-state index >= 15 is 0 Å². The Hall–Kier alpha value is -0.930. The fourth-order valence-corrected chi connectivity index (χ4v) is 3.22. The van der Waals surface area contributed by atoms with Crippen molar-refractivity contribution in [3.63, 3.8) is 0 Å². The summed E-state index contributed by atoms with van der Waals surface area (Å²) < 4.78 is 11.5. The van der Waals surface area contributed by atoms with E-state index in [4.69, 9.17) is 21.1 Å². The van der Waals surface area contributed by atoms with Gasteiger partial charge in [-0.1, -0.05) is 18.0 Å². The molecular formula is C14H18ClNO2. The van der Waals surface area contributed by atoms with Crippen molar-refractivity contribution in [2.75, 3.05) is 20.3 Å². The van der Waals surface area contributed by atoms with Crippen molar-refractivity contribution >= 4 is 11.6 Å². The first-order chi connectivity index (χ1) is 8.81. The summed E-state index contributed by atoms with van der Waals surface area (Å²) in [5.41, 5.74) is 2.45. The molecule has 3 nitrogen and oxygen atoms in total. The molecule has 0 saturated heterocycles. The minimum absolute atomic E-state index is 0.316. The van der Waals surface area contributed by atoms with E-state index in [0.717, 1.165) is 29.4 Å². The van der Waals surface area contributed by atoms with E-state index in [9.17, 15) is 0 Å². The van der Waals surface area contributed by atoms with Crippen molar-refractivity contribution in [2.24, 2.45) is 0 Å². The molecule has 1 atom stereocenters. The van der Waals surface area contributed by atoms with Crippen LogP contribution in [-0.2, 0) is 6.42 Å². The second-order valence-electron chi connectivity index (χ2n) is 4.86.